The Labute approximate surface area is 194 Å². The molecule has 2 atom stereocenters. The fraction of sp³-hybridized carbons (Fsp3) is 0.520. The van der Waals surface area contributed by atoms with Crippen molar-refractivity contribution in [1.82, 2.24) is 5.32 Å². The van der Waals surface area contributed by atoms with E-state index in [-0.39, 0.29) is 18.3 Å². The first-order valence-electron chi connectivity index (χ1n) is 11.5. The molecule has 0 fully saturated rings. The smallest absolute Gasteiger partial charge is 0.166 e. The molecule has 0 spiro atoms. The van der Waals surface area contributed by atoms with Crippen LogP contribution in [0.1, 0.15) is 59.3 Å². The molecule has 0 saturated carbocycles. The molecule has 1 aromatic carbocycles. The largest absolute Gasteiger partial charge is 0.396 e. The summed E-state index contributed by atoms with van der Waals surface area (Å²) in [6.45, 7) is 7.05. The minimum Gasteiger partial charge on any atom is -0.396 e. The molecule has 1 aromatic rings. The summed E-state index contributed by atoms with van der Waals surface area (Å²) < 4.78 is 11.9. The van der Waals surface area contributed by atoms with Crippen LogP contribution in [0.15, 0.2) is 57.2 Å². The third-order valence-corrected chi connectivity index (χ3v) is 6.47. The van der Waals surface area contributed by atoms with Crippen LogP contribution in [-0.4, -0.2) is 40.3 Å². The van der Waals surface area contributed by atoms with Gasteiger partial charge in [-0.05, 0) is 55.4 Å². The highest BCUT2D eigenvalue weighted by Crippen LogP contribution is 2.27. The van der Waals surface area contributed by atoms with Crippen molar-refractivity contribution in [2.75, 3.05) is 24.7 Å². The maximum Gasteiger partial charge on any atom is 0.166 e. The van der Waals surface area contributed by atoms with Crippen LogP contribution in [0.3, 0.4) is 0 Å². The number of anilines is 1. The number of hydrogen-bond donors (Lipinski definition) is 3. The molecule has 32 heavy (non-hydrogen) atoms. The first-order chi connectivity index (χ1) is 15.4. The zero-order chi connectivity index (χ0) is 23.5. The number of aliphatic imine (C=N–C) groups is 1. The number of amidine groups is 1. The van der Waals surface area contributed by atoms with Crippen molar-refractivity contribution < 1.29 is 14.1 Å². The average molecular weight is 460 g/mol. The second-order valence-electron chi connectivity index (χ2n) is 8.08. The van der Waals surface area contributed by atoms with Crippen molar-refractivity contribution in [3.8, 4) is 0 Å². The molecule has 7 heteroatoms. The van der Waals surface area contributed by atoms with Crippen molar-refractivity contribution in [1.29, 1.82) is 0 Å². The van der Waals surface area contributed by atoms with Gasteiger partial charge in [-0.3, -0.25) is 9.00 Å². The van der Waals surface area contributed by atoms with Crippen molar-refractivity contribution in [3.05, 3.63) is 47.3 Å². The molecule has 1 heterocycles. The summed E-state index contributed by atoms with van der Waals surface area (Å²) in [6, 6.07) is 7.39. The van der Waals surface area contributed by atoms with Gasteiger partial charge < -0.3 is 15.7 Å². The minimum atomic E-state index is -1.10. The molecule has 0 aliphatic carbocycles. The highest BCUT2D eigenvalue weighted by molar-refractivity contribution is 7.84. The SMILES string of the molecule is CCCCC(=O)C1=CCC(C)/C(CC)=C(\NCCCO)N=C1Nc1cccc(S(C)=O)c1. The number of Topliss-reactive ketones (excluding diaryl/α,β-unsaturated/α-hetero) is 1. The number of aliphatic hydroxyl groups is 1. The van der Waals surface area contributed by atoms with E-state index in [1.165, 1.54) is 5.57 Å². The molecule has 0 amide bonds. The summed E-state index contributed by atoms with van der Waals surface area (Å²) in [6.07, 6.45) is 8.14. The van der Waals surface area contributed by atoms with Crippen molar-refractivity contribution >= 4 is 28.1 Å². The lowest BCUT2D eigenvalue weighted by molar-refractivity contribution is -0.115. The Kier molecular flexibility index (Phi) is 10.8. The van der Waals surface area contributed by atoms with Crippen molar-refractivity contribution in [2.45, 2.75) is 64.2 Å². The number of benzene rings is 1. The monoisotopic (exact) mass is 459 g/mol. The highest BCUT2D eigenvalue weighted by Gasteiger charge is 2.22. The summed E-state index contributed by atoms with van der Waals surface area (Å²) in [5.41, 5.74) is 2.54. The average Bonchev–Trinajstić information content (AvgIpc) is 2.77. The quantitative estimate of drug-likeness (QED) is 0.422. The predicted molar refractivity (Wildman–Crippen MR) is 133 cm³/mol. The van der Waals surface area contributed by atoms with E-state index in [1.54, 1.807) is 6.26 Å². The molecule has 0 aromatic heterocycles. The number of carbonyl (C=O) groups is 1. The normalized spacial score (nSPS) is 20.0. The van der Waals surface area contributed by atoms with Crippen LogP contribution in [0.2, 0.25) is 0 Å². The topological polar surface area (TPSA) is 90.8 Å². The minimum absolute atomic E-state index is 0.0789. The van der Waals surface area contributed by atoms with Crippen molar-refractivity contribution in [3.63, 3.8) is 0 Å². The molecule has 0 saturated heterocycles. The van der Waals surface area contributed by atoms with Gasteiger partial charge in [0.05, 0.1) is 5.57 Å². The van der Waals surface area contributed by atoms with Crippen LogP contribution >= 0.6 is 0 Å². The van der Waals surface area contributed by atoms with Gasteiger partial charge >= 0.3 is 0 Å². The van der Waals surface area contributed by atoms with E-state index < -0.39 is 10.8 Å². The van der Waals surface area contributed by atoms with Crippen LogP contribution in [0.4, 0.5) is 5.69 Å². The van der Waals surface area contributed by atoms with Gasteiger partial charge in [0.1, 0.15) is 11.7 Å². The summed E-state index contributed by atoms with van der Waals surface area (Å²) in [7, 11) is -1.10. The summed E-state index contributed by atoms with van der Waals surface area (Å²) in [5.74, 6) is 1.60. The van der Waals surface area contributed by atoms with Crippen LogP contribution < -0.4 is 10.6 Å². The van der Waals surface area contributed by atoms with Crippen LogP contribution in [0.25, 0.3) is 0 Å². The maximum atomic E-state index is 13.1. The predicted octanol–water partition coefficient (Wildman–Crippen LogP) is 4.55. The van der Waals surface area contributed by atoms with E-state index in [1.807, 2.05) is 30.3 Å². The standard InChI is InChI=1S/C25H37N3O3S/c1-5-7-12-23(30)22-14-13-18(3)21(6-2)24(26-15-9-16-29)28-25(22)27-19-10-8-11-20(17-19)32(4)31/h8,10-11,14,17-18,26,29H,5-7,9,12-13,15-16H2,1-4H3,(H,27,28)/b22-14?,24-21+. The number of rotatable bonds is 11. The Bertz CT molecular complexity index is 905. The molecule has 0 bridgehead atoms. The summed E-state index contributed by atoms with van der Waals surface area (Å²) in [5, 5.41) is 15.9. The Morgan fingerprint density at radius 3 is 2.72 bits per heavy atom. The van der Waals surface area contributed by atoms with Gasteiger partial charge in [-0.2, -0.15) is 0 Å². The first-order valence-corrected chi connectivity index (χ1v) is 13.1. The molecule has 1 aliphatic rings. The molecule has 2 unspecified atom stereocenters. The van der Waals surface area contributed by atoms with E-state index in [9.17, 15) is 14.1 Å². The molecular formula is C25H37N3O3S. The van der Waals surface area contributed by atoms with Crippen LogP contribution in [0.5, 0.6) is 0 Å². The van der Waals surface area contributed by atoms with E-state index >= 15 is 0 Å². The van der Waals surface area contributed by atoms with E-state index in [0.29, 0.717) is 35.7 Å². The lowest BCUT2D eigenvalue weighted by Gasteiger charge is -2.23. The third-order valence-electron chi connectivity index (χ3n) is 5.55. The van der Waals surface area contributed by atoms with Crippen LogP contribution in [0, 0.1) is 5.92 Å². The number of aliphatic hydroxyl groups excluding tert-OH is 1. The lowest BCUT2D eigenvalue weighted by Crippen LogP contribution is -2.27. The van der Waals surface area contributed by atoms with Gasteiger partial charge in [0.15, 0.2) is 5.78 Å². The molecule has 0 radical (unpaired) electrons. The van der Waals surface area contributed by atoms with E-state index in [2.05, 4.69) is 31.4 Å². The summed E-state index contributed by atoms with van der Waals surface area (Å²) in [4.78, 5) is 18.7. The van der Waals surface area contributed by atoms with Gasteiger partial charge in [-0.1, -0.05) is 39.3 Å². The first kappa shape index (κ1) is 26.0. The van der Waals surface area contributed by atoms with E-state index in [4.69, 9.17) is 4.99 Å². The van der Waals surface area contributed by atoms with Gasteiger partial charge in [-0.25, -0.2) is 4.99 Å². The molecular weight excluding hydrogens is 422 g/mol. The molecule has 3 N–H and O–H groups in total. The molecule has 1 aliphatic heterocycles. The Balaban J connectivity index is 2.53. The second kappa shape index (κ2) is 13.3. The Morgan fingerprint density at radius 1 is 1.28 bits per heavy atom. The van der Waals surface area contributed by atoms with Crippen molar-refractivity contribution in [2.24, 2.45) is 10.9 Å². The zero-order valence-corrected chi connectivity index (χ0v) is 20.6. The summed E-state index contributed by atoms with van der Waals surface area (Å²) >= 11 is 0. The number of allylic oxidation sites excluding steroid dienone is 2. The Hall–Kier alpha value is -2.25. The molecule has 176 valence electrons. The van der Waals surface area contributed by atoms with E-state index in [0.717, 1.165) is 37.2 Å². The van der Waals surface area contributed by atoms with Crippen LogP contribution in [-0.2, 0) is 15.6 Å². The fourth-order valence-electron chi connectivity index (χ4n) is 3.67. The highest BCUT2D eigenvalue weighted by atomic mass is 32.2. The molecule has 2 rings (SSSR count). The number of ketones is 1. The Morgan fingerprint density at radius 2 is 2.06 bits per heavy atom. The zero-order valence-electron chi connectivity index (χ0n) is 19.7. The van der Waals surface area contributed by atoms with Gasteiger partial charge in [0, 0.05) is 47.2 Å². The number of unbranched alkanes of at least 4 members (excludes halogenated alkanes) is 1. The molecule has 6 nitrogen and oxygen atoms in total. The van der Waals surface area contributed by atoms with Gasteiger partial charge in [0.25, 0.3) is 0 Å². The number of nitrogens with zero attached hydrogens (tertiary/aromatic N) is 1. The second-order valence-corrected chi connectivity index (χ2v) is 9.46. The number of hydrogen-bond acceptors (Lipinski definition) is 6. The third kappa shape index (κ3) is 7.41. The lowest BCUT2D eigenvalue weighted by atomic mass is 9.91. The fourth-order valence-corrected chi connectivity index (χ4v) is 4.23. The number of carbonyl (C=O) groups excluding carboxylic acids is 1. The number of nitrogens with one attached hydrogen (secondary N) is 2. The van der Waals surface area contributed by atoms with Gasteiger partial charge in [-0.15, -0.1) is 0 Å². The van der Waals surface area contributed by atoms with Gasteiger partial charge in [0.2, 0.25) is 0 Å². The maximum absolute atomic E-state index is 13.1.